The molecular weight excluding hydrogens is 304 g/mol. The van der Waals surface area contributed by atoms with Crippen molar-refractivity contribution in [1.29, 1.82) is 0 Å². The van der Waals surface area contributed by atoms with Crippen molar-refractivity contribution in [3.05, 3.63) is 48.6 Å². The lowest BCUT2D eigenvalue weighted by Gasteiger charge is -2.19. The van der Waals surface area contributed by atoms with Crippen LogP contribution >= 0.6 is 11.8 Å². The maximum atomic E-state index is 11.1. The van der Waals surface area contributed by atoms with E-state index in [2.05, 4.69) is 0 Å². The Morgan fingerprint density at radius 3 is 1.53 bits per heavy atom. The van der Waals surface area contributed by atoms with Crippen LogP contribution in [0.2, 0.25) is 0 Å². The monoisotopic (exact) mass is 314 g/mol. The first-order valence-electron chi connectivity index (χ1n) is 5.37. The summed E-state index contributed by atoms with van der Waals surface area (Å²) in [6.07, 6.45) is 13.3. The highest BCUT2D eigenvalue weighted by molar-refractivity contribution is 8.03. The van der Waals surface area contributed by atoms with Gasteiger partial charge in [0.15, 0.2) is 0 Å². The van der Waals surface area contributed by atoms with E-state index >= 15 is 0 Å². The van der Waals surface area contributed by atoms with Gasteiger partial charge in [0, 0.05) is 0 Å². The van der Waals surface area contributed by atoms with Crippen LogP contribution in [0.1, 0.15) is 0 Å². The molecule has 2 atom stereocenters. The van der Waals surface area contributed by atoms with Crippen LogP contribution in [0, 0.1) is 0 Å². The van der Waals surface area contributed by atoms with E-state index in [0.717, 1.165) is 0 Å². The average Bonchev–Trinajstić information content (AvgIpc) is 2.39. The number of rotatable bonds is 2. The molecule has 2 unspecified atom stereocenters. The van der Waals surface area contributed by atoms with Crippen molar-refractivity contribution in [2.24, 2.45) is 0 Å². The fraction of sp³-hybridized carbons (Fsp3) is 0.167. The average molecular weight is 314 g/mol. The molecule has 0 bridgehead atoms. The largest absolute Gasteiger partial charge is 0.218 e. The third-order valence-electron chi connectivity index (χ3n) is 2.55. The molecule has 0 radical (unpaired) electrons. The van der Waals surface area contributed by atoms with Gasteiger partial charge in [-0.2, -0.15) is 16.8 Å². The summed E-state index contributed by atoms with van der Waals surface area (Å²) < 4.78 is 44.5. The van der Waals surface area contributed by atoms with Gasteiger partial charge in [-0.25, -0.2) is 0 Å². The zero-order chi connectivity index (χ0) is 13.8. The third-order valence-corrected chi connectivity index (χ3v) is 5.81. The molecule has 4 nitrogen and oxygen atoms in total. The number of thioether (sulfide) groups is 1. The Hall–Kier alpha value is -1.31. The minimum absolute atomic E-state index is 0.256. The van der Waals surface area contributed by atoms with Crippen LogP contribution in [0.5, 0.6) is 0 Å². The maximum Gasteiger partial charge on any atom is 0.218 e. The third kappa shape index (κ3) is 3.37. The topological polar surface area (TPSA) is 68.3 Å². The Kier molecular flexibility index (Phi) is 4.62. The molecule has 0 heterocycles. The van der Waals surface area contributed by atoms with Gasteiger partial charge in [-0.05, 0) is 12.2 Å². The molecule has 0 fully saturated rings. The van der Waals surface area contributed by atoms with E-state index in [-0.39, 0.29) is 20.2 Å². The summed E-state index contributed by atoms with van der Waals surface area (Å²) in [7, 11) is -4.61. The van der Waals surface area contributed by atoms with Crippen LogP contribution in [-0.4, -0.2) is 37.1 Å². The molecule has 2 rings (SSSR count). The van der Waals surface area contributed by atoms with Gasteiger partial charge >= 0.3 is 0 Å². The molecule has 19 heavy (non-hydrogen) atoms. The summed E-state index contributed by atoms with van der Waals surface area (Å²) in [4.78, 5) is 0.512. The molecule has 0 saturated heterocycles. The van der Waals surface area contributed by atoms with E-state index in [1.54, 1.807) is 36.5 Å². The molecule has 100 valence electrons. The second-order valence-electron chi connectivity index (χ2n) is 3.74. The summed E-state index contributed by atoms with van der Waals surface area (Å²) in [6.45, 7) is 0. The minimum Gasteiger partial charge on any atom is -0.184 e. The quantitative estimate of drug-likeness (QED) is 0.706. The Bertz CT molecular complexity index is 680. The Labute approximate surface area is 118 Å². The fourth-order valence-electron chi connectivity index (χ4n) is 1.69. The summed E-state index contributed by atoms with van der Waals surface area (Å²) in [5, 5.41) is -0.744. The predicted octanol–water partition coefficient (Wildman–Crippen LogP) is 0.812. The normalized spacial score (nSPS) is 24.8. The first kappa shape index (κ1) is 14.1. The summed E-state index contributed by atoms with van der Waals surface area (Å²) in [6, 6.07) is 0. The van der Waals surface area contributed by atoms with E-state index in [9.17, 15) is 16.8 Å². The molecular formula is C12H10O4S3. The van der Waals surface area contributed by atoms with Crippen molar-refractivity contribution in [1.82, 2.24) is 0 Å². The Balaban J connectivity index is 2.31. The van der Waals surface area contributed by atoms with Crippen molar-refractivity contribution >= 4 is 42.1 Å². The molecule has 0 saturated carbocycles. The SMILES string of the molecule is O=S(=O)=C1C=CC=CC1SC1C=CC=CC1=S(=O)=O. The van der Waals surface area contributed by atoms with Gasteiger partial charge in [0.2, 0.25) is 20.6 Å². The van der Waals surface area contributed by atoms with Gasteiger partial charge in [-0.15, -0.1) is 11.8 Å². The fourth-order valence-corrected chi connectivity index (χ4v) is 4.52. The number of allylic oxidation sites excluding steroid dienone is 6. The van der Waals surface area contributed by atoms with E-state index in [1.165, 1.54) is 23.9 Å². The van der Waals surface area contributed by atoms with Gasteiger partial charge in [-0.3, -0.25) is 0 Å². The second kappa shape index (κ2) is 6.23. The number of hydrogen-bond donors (Lipinski definition) is 0. The summed E-state index contributed by atoms with van der Waals surface area (Å²) in [5.74, 6) is 0. The van der Waals surface area contributed by atoms with Crippen LogP contribution in [-0.2, 0) is 20.6 Å². The van der Waals surface area contributed by atoms with Crippen LogP contribution < -0.4 is 0 Å². The van der Waals surface area contributed by atoms with E-state index in [0.29, 0.717) is 0 Å². The van der Waals surface area contributed by atoms with Gasteiger partial charge in [-0.1, -0.05) is 36.5 Å². The summed E-state index contributed by atoms with van der Waals surface area (Å²) >= 11 is 1.28. The lowest BCUT2D eigenvalue weighted by molar-refractivity contribution is 0.625. The highest BCUT2D eigenvalue weighted by Gasteiger charge is 2.23. The van der Waals surface area contributed by atoms with Crippen LogP contribution in [0.25, 0.3) is 0 Å². The first-order valence-corrected chi connectivity index (χ1v) is 8.46. The lowest BCUT2D eigenvalue weighted by atomic mass is 10.2. The zero-order valence-electron chi connectivity index (χ0n) is 9.63. The van der Waals surface area contributed by atoms with Crippen LogP contribution in [0.3, 0.4) is 0 Å². The molecule has 0 N–H and O–H groups in total. The van der Waals surface area contributed by atoms with E-state index in [4.69, 9.17) is 0 Å². The van der Waals surface area contributed by atoms with Crippen molar-refractivity contribution in [3.63, 3.8) is 0 Å². The van der Waals surface area contributed by atoms with Gasteiger partial charge < -0.3 is 0 Å². The first-order chi connectivity index (χ1) is 9.09. The molecule has 0 aliphatic heterocycles. The van der Waals surface area contributed by atoms with Crippen molar-refractivity contribution in [2.45, 2.75) is 10.5 Å². The van der Waals surface area contributed by atoms with Crippen molar-refractivity contribution in [3.8, 4) is 0 Å². The molecule has 0 amide bonds. The zero-order valence-corrected chi connectivity index (χ0v) is 12.1. The molecule has 0 aromatic rings. The standard InChI is InChI=1S/C12H10O4S3/c13-18(14)11-7-3-1-5-9(11)17-10-6-2-4-8-12(10)19(15)16/h1-10H. The predicted molar refractivity (Wildman–Crippen MR) is 79.6 cm³/mol. The van der Waals surface area contributed by atoms with Crippen molar-refractivity contribution < 1.29 is 16.8 Å². The van der Waals surface area contributed by atoms with E-state index in [1.807, 2.05) is 0 Å². The Morgan fingerprint density at radius 1 is 0.737 bits per heavy atom. The van der Waals surface area contributed by atoms with Crippen LogP contribution in [0.4, 0.5) is 0 Å². The van der Waals surface area contributed by atoms with Gasteiger partial charge in [0.05, 0.1) is 20.2 Å². The van der Waals surface area contributed by atoms with Crippen LogP contribution in [0.15, 0.2) is 48.6 Å². The molecule has 0 spiro atoms. The highest BCUT2D eigenvalue weighted by Crippen LogP contribution is 2.26. The van der Waals surface area contributed by atoms with E-state index < -0.39 is 20.6 Å². The maximum absolute atomic E-state index is 11.1. The molecule has 2 aliphatic rings. The summed E-state index contributed by atoms with van der Waals surface area (Å²) in [5.41, 5.74) is 0. The Morgan fingerprint density at radius 2 is 1.16 bits per heavy atom. The van der Waals surface area contributed by atoms with Gasteiger partial charge in [0.1, 0.15) is 0 Å². The minimum atomic E-state index is -2.31. The number of hydrogen-bond acceptors (Lipinski definition) is 5. The molecule has 0 aromatic carbocycles. The highest BCUT2D eigenvalue weighted by atomic mass is 32.2. The van der Waals surface area contributed by atoms with Gasteiger partial charge in [0.25, 0.3) is 0 Å². The smallest absolute Gasteiger partial charge is 0.184 e. The second-order valence-corrected chi connectivity index (χ2v) is 6.91. The van der Waals surface area contributed by atoms with Crippen molar-refractivity contribution in [2.75, 3.05) is 0 Å². The molecule has 7 heteroatoms. The molecule has 0 aromatic heterocycles. The molecule has 2 aliphatic carbocycles. The lowest BCUT2D eigenvalue weighted by Crippen LogP contribution is -2.24.